The van der Waals surface area contributed by atoms with Crippen molar-refractivity contribution in [2.24, 2.45) is 0 Å². The zero-order chi connectivity index (χ0) is 16.8. The Bertz CT molecular complexity index is 630. The monoisotopic (exact) mass is 326 g/mol. The lowest BCUT2D eigenvalue weighted by Gasteiger charge is -2.20. The van der Waals surface area contributed by atoms with Crippen LogP contribution in [0, 0.1) is 0 Å². The van der Waals surface area contributed by atoms with Gasteiger partial charge in [0.15, 0.2) is 5.56 Å². The van der Waals surface area contributed by atoms with Gasteiger partial charge in [-0.3, -0.25) is 4.79 Å². The molecule has 0 aromatic carbocycles. The van der Waals surface area contributed by atoms with E-state index in [1.54, 1.807) is 0 Å². The molecule has 1 heterocycles. The summed E-state index contributed by atoms with van der Waals surface area (Å²) >= 11 is 0. The Morgan fingerprint density at radius 3 is 1.86 bits per heavy atom. The number of aromatic carboxylic acids is 1. The lowest BCUT2D eigenvalue weighted by Crippen LogP contribution is -2.40. The van der Waals surface area contributed by atoms with Gasteiger partial charge in [-0.05, 0) is 0 Å². The largest absolute Gasteiger partial charge is 0.477 e. The molecule has 1 aromatic heterocycles. The van der Waals surface area contributed by atoms with E-state index in [2.05, 4.69) is 0 Å². The quantitative estimate of drug-likeness (QED) is 0.816. The van der Waals surface area contributed by atoms with E-state index in [4.69, 9.17) is 5.11 Å². The number of carboxylic acids is 1. The normalized spacial score (nSPS) is 13.3. The Morgan fingerprint density at radius 1 is 1.05 bits per heavy atom. The maximum absolute atomic E-state index is 13.1. The second-order valence-corrected chi connectivity index (χ2v) is 3.51. The molecule has 1 rings (SSSR count). The zero-order valence-corrected chi connectivity index (χ0v) is 9.23. The maximum atomic E-state index is 13.1. The van der Waals surface area contributed by atoms with Gasteiger partial charge in [-0.1, -0.05) is 0 Å². The molecule has 0 spiro atoms. The third-order valence-corrected chi connectivity index (χ3v) is 2.06. The van der Waals surface area contributed by atoms with E-state index in [1.165, 1.54) is 0 Å². The van der Waals surface area contributed by atoms with Crippen LogP contribution in [0.2, 0.25) is 0 Å². The number of hydrogen-bond acceptors (Lipinski definition) is 3. The van der Waals surface area contributed by atoms with Crippen molar-refractivity contribution in [3.63, 3.8) is 0 Å². The highest BCUT2D eigenvalue weighted by atomic mass is 19.4. The number of rotatable bonds is 2. The van der Waals surface area contributed by atoms with E-state index in [1.807, 2.05) is 4.98 Å². The van der Waals surface area contributed by atoms with Gasteiger partial charge in [0.05, 0.1) is 0 Å². The smallest absolute Gasteiger partial charge is 0.459 e. The van der Waals surface area contributed by atoms with E-state index in [0.717, 1.165) is 4.98 Å². The summed E-state index contributed by atoms with van der Waals surface area (Å²) in [5.74, 6) is -11.1. The molecule has 0 atom stereocenters. The summed E-state index contributed by atoms with van der Waals surface area (Å²) in [6.45, 7) is 0. The third kappa shape index (κ3) is 2.95. The Morgan fingerprint density at radius 2 is 1.52 bits per heavy atom. The van der Waals surface area contributed by atoms with E-state index in [9.17, 15) is 44.7 Å². The zero-order valence-electron chi connectivity index (χ0n) is 9.23. The van der Waals surface area contributed by atoms with Crippen LogP contribution in [-0.2, 0) is 12.1 Å². The molecule has 5 nitrogen and oxygen atoms in total. The fourth-order valence-electron chi connectivity index (χ4n) is 1.17. The minimum Gasteiger partial charge on any atom is -0.477 e. The number of nitrogens with zero attached hydrogens (tertiary/aromatic N) is 1. The Kier molecular flexibility index (Phi) is 3.74. The van der Waals surface area contributed by atoms with Crippen molar-refractivity contribution in [1.29, 1.82) is 0 Å². The molecule has 0 radical (unpaired) electrons. The first-order valence-electron chi connectivity index (χ1n) is 4.59. The molecule has 21 heavy (non-hydrogen) atoms. The maximum Gasteiger partial charge on any atom is 0.459 e. The number of nitrogens with one attached hydrogen (secondary N) is 1. The van der Waals surface area contributed by atoms with Gasteiger partial charge >= 0.3 is 24.2 Å². The second-order valence-electron chi connectivity index (χ2n) is 3.51. The van der Waals surface area contributed by atoms with Crippen LogP contribution in [0.4, 0.5) is 35.1 Å². The molecule has 0 aliphatic heterocycles. The van der Waals surface area contributed by atoms with Crippen LogP contribution in [0.1, 0.15) is 21.9 Å². The Labute approximate surface area is 108 Å². The number of aromatic nitrogens is 2. The first-order valence-corrected chi connectivity index (χ1v) is 4.59. The van der Waals surface area contributed by atoms with Gasteiger partial charge in [-0.15, -0.1) is 0 Å². The fraction of sp³-hybridized carbons (Fsp3) is 0.375. The predicted molar refractivity (Wildman–Crippen MR) is 46.8 cm³/mol. The Hall–Kier alpha value is -2.21. The first-order chi connectivity index (χ1) is 9.19. The minimum atomic E-state index is -6.44. The second kappa shape index (κ2) is 4.66. The van der Waals surface area contributed by atoms with Crippen LogP contribution >= 0.6 is 0 Å². The molecule has 0 bridgehead atoms. The van der Waals surface area contributed by atoms with Gasteiger partial charge in [0.1, 0.15) is 5.69 Å². The van der Waals surface area contributed by atoms with Crippen molar-refractivity contribution in [2.45, 2.75) is 18.3 Å². The average molecular weight is 326 g/mol. The van der Waals surface area contributed by atoms with Gasteiger partial charge in [-0.25, -0.2) is 9.78 Å². The summed E-state index contributed by atoms with van der Waals surface area (Å²) in [6.07, 6.45) is -12.0. The van der Waals surface area contributed by atoms with Crippen molar-refractivity contribution in [3.8, 4) is 0 Å². The molecule has 0 saturated carbocycles. The topological polar surface area (TPSA) is 83.0 Å². The Balaban J connectivity index is 3.82. The highest BCUT2D eigenvalue weighted by Crippen LogP contribution is 2.44. The summed E-state index contributed by atoms with van der Waals surface area (Å²) in [7, 11) is 0. The van der Waals surface area contributed by atoms with E-state index < -0.39 is 46.9 Å². The molecule has 118 valence electrons. The molecule has 0 saturated heterocycles. The highest BCUT2D eigenvalue weighted by molar-refractivity contribution is 5.88. The molecule has 0 aliphatic rings. The molecule has 0 amide bonds. The van der Waals surface area contributed by atoms with Crippen LogP contribution in [0.15, 0.2) is 4.79 Å². The van der Waals surface area contributed by atoms with Crippen molar-refractivity contribution in [3.05, 3.63) is 27.4 Å². The van der Waals surface area contributed by atoms with Gasteiger partial charge < -0.3 is 10.1 Å². The van der Waals surface area contributed by atoms with Crippen LogP contribution < -0.4 is 5.56 Å². The molecule has 0 aliphatic carbocycles. The van der Waals surface area contributed by atoms with Crippen LogP contribution in [0.25, 0.3) is 0 Å². The third-order valence-electron chi connectivity index (χ3n) is 2.06. The number of hydrogen-bond donors (Lipinski definition) is 2. The van der Waals surface area contributed by atoms with Crippen molar-refractivity contribution >= 4 is 5.97 Å². The summed E-state index contributed by atoms with van der Waals surface area (Å²) in [4.78, 5) is 24.3. The molecule has 13 heteroatoms. The molecular weight excluding hydrogens is 324 g/mol. The standard InChI is InChI=1S/C8H2F8N2O3/c9-6(10,8(14,15)16)2-1(4(20)21)3(19)18-5(17-2)7(11,12)13/h(H,20,21)(H,17,18,19). The molecular formula is C8H2F8N2O3. The average Bonchev–Trinajstić information content (AvgIpc) is 2.24. The van der Waals surface area contributed by atoms with E-state index in [0.29, 0.717) is 0 Å². The van der Waals surface area contributed by atoms with Crippen LogP contribution in [0.5, 0.6) is 0 Å². The predicted octanol–water partition coefficient (Wildman–Crippen LogP) is 2.14. The SMILES string of the molecule is O=C(O)c1c(C(F)(F)C(F)(F)F)nc(C(F)(F)F)[nH]c1=O. The number of carbonyl (C=O) groups is 1. The molecule has 0 unspecified atom stereocenters. The summed E-state index contributed by atoms with van der Waals surface area (Å²) in [5, 5.41) is 8.43. The van der Waals surface area contributed by atoms with Crippen molar-refractivity contribution in [1.82, 2.24) is 9.97 Å². The number of halogens is 8. The first kappa shape index (κ1) is 16.8. The number of carboxylic acid groups (broad SMARTS) is 1. The summed E-state index contributed by atoms with van der Waals surface area (Å²) in [5.41, 5.74) is -7.35. The van der Waals surface area contributed by atoms with Gasteiger partial charge in [0.25, 0.3) is 5.56 Å². The molecule has 2 N–H and O–H groups in total. The summed E-state index contributed by atoms with van der Waals surface area (Å²) < 4.78 is 99.3. The highest BCUT2D eigenvalue weighted by Gasteiger charge is 2.62. The van der Waals surface area contributed by atoms with Crippen LogP contribution in [-0.4, -0.2) is 27.2 Å². The van der Waals surface area contributed by atoms with Gasteiger partial charge in [-0.2, -0.15) is 35.1 Å². The number of alkyl halides is 8. The number of H-pyrrole nitrogens is 1. The van der Waals surface area contributed by atoms with Crippen molar-refractivity contribution < 1.29 is 45.0 Å². The fourth-order valence-corrected chi connectivity index (χ4v) is 1.17. The van der Waals surface area contributed by atoms with E-state index in [-0.39, 0.29) is 0 Å². The van der Waals surface area contributed by atoms with Gasteiger partial charge in [0.2, 0.25) is 5.82 Å². The van der Waals surface area contributed by atoms with Crippen LogP contribution in [0.3, 0.4) is 0 Å². The molecule has 1 aromatic rings. The molecule has 0 fully saturated rings. The summed E-state index contributed by atoms with van der Waals surface area (Å²) in [6, 6.07) is 0. The van der Waals surface area contributed by atoms with Crippen molar-refractivity contribution in [2.75, 3.05) is 0 Å². The van der Waals surface area contributed by atoms with Gasteiger partial charge in [0, 0.05) is 0 Å². The number of aromatic amines is 1. The lowest BCUT2D eigenvalue weighted by molar-refractivity contribution is -0.291. The lowest BCUT2D eigenvalue weighted by atomic mass is 10.1. The van der Waals surface area contributed by atoms with E-state index >= 15 is 0 Å². The minimum absolute atomic E-state index is 0.788.